The van der Waals surface area contributed by atoms with Gasteiger partial charge >= 0.3 is 0 Å². The van der Waals surface area contributed by atoms with Gasteiger partial charge in [-0.05, 0) is 19.1 Å². The number of rotatable bonds is 3. The number of hydrogen-bond acceptors (Lipinski definition) is 2. The van der Waals surface area contributed by atoms with Gasteiger partial charge in [-0.15, -0.1) is 0 Å². The monoisotopic (exact) mass is 310 g/mol. The van der Waals surface area contributed by atoms with E-state index in [1.165, 1.54) is 22.1 Å². The van der Waals surface area contributed by atoms with Crippen LogP contribution in [0.4, 0.5) is 10.1 Å². The Morgan fingerprint density at radius 2 is 1.91 bits per heavy atom. The van der Waals surface area contributed by atoms with Crippen LogP contribution in [0.2, 0.25) is 0 Å². The van der Waals surface area contributed by atoms with Gasteiger partial charge in [-0.2, -0.15) is 5.26 Å². The van der Waals surface area contributed by atoms with Gasteiger partial charge in [0.2, 0.25) is 0 Å². The number of aryl methyl sites for hydroxylation is 1. The molecule has 0 radical (unpaired) electrons. The summed E-state index contributed by atoms with van der Waals surface area (Å²) in [4.78, 5) is 3.66. The maximum Gasteiger partial charge on any atom is 0.143 e. The summed E-state index contributed by atoms with van der Waals surface area (Å²) in [5.41, 5.74) is 3.53. The van der Waals surface area contributed by atoms with E-state index < -0.39 is 5.82 Å². The molecule has 1 fully saturated rings. The van der Waals surface area contributed by atoms with Crippen molar-refractivity contribution in [2.45, 2.75) is 13.5 Å². The minimum Gasteiger partial charge on any atom is -0.359 e. The van der Waals surface area contributed by atoms with E-state index in [4.69, 9.17) is 0 Å². The molecule has 0 aliphatic carbocycles. The molecule has 2 aromatic rings. The average molecular weight is 310 g/mol. The van der Waals surface area contributed by atoms with Gasteiger partial charge < -0.3 is 9.80 Å². The highest BCUT2D eigenvalue weighted by Gasteiger charge is 2.23. The standard InChI is InChI=1S/C19H20FN3/c1-15-4-2-5-16(12-15)14-22-8-10-23(11-9-22)19-7-3-6-18(20)17(19)13-21/h2-7,12H,8-11,14H2,1H3/p+1. The Labute approximate surface area is 136 Å². The Morgan fingerprint density at radius 1 is 1.17 bits per heavy atom. The van der Waals surface area contributed by atoms with E-state index in [1.807, 2.05) is 12.1 Å². The summed E-state index contributed by atoms with van der Waals surface area (Å²) >= 11 is 0. The highest BCUT2D eigenvalue weighted by Crippen LogP contribution is 2.22. The zero-order valence-corrected chi connectivity index (χ0v) is 13.3. The van der Waals surface area contributed by atoms with Crippen molar-refractivity contribution in [3.8, 4) is 6.07 Å². The predicted octanol–water partition coefficient (Wildman–Crippen LogP) is 1.91. The number of anilines is 1. The molecule has 1 N–H and O–H groups in total. The lowest BCUT2D eigenvalue weighted by atomic mass is 10.1. The largest absolute Gasteiger partial charge is 0.359 e. The molecule has 1 aliphatic heterocycles. The Bertz CT molecular complexity index is 728. The third-order valence-corrected chi connectivity index (χ3v) is 4.45. The van der Waals surface area contributed by atoms with Crippen molar-refractivity contribution >= 4 is 5.69 Å². The summed E-state index contributed by atoms with van der Waals surface area (Å²) in [5, 5.41) is 9.18. The van der Waals surface area contributed by atoms with Crippen LogP contribution >= 0.6 is 0 Å². The van der Waals surface area contributed by atoms with Crippen molar-refractivity contribution in [3.05, 3.63) is 65.0 Å². The minimum atomic E-state index is -0.431. The fourth-order valence-electron chi connectivity index (χ4n) is 3.24. The Kier molecular flexibility index (Phi) is 4.59. The third-order valence-electron chi connectivity index (χ3n) is 4.45. The van der Waals surface area contributed by atoms with E-state index in [-0.39, 0.29) is 5.56 Å². The Balaban J connectivity index is 1.65. The average Bonchev–Trinajstić information content (AvgIpc) is 2.55. The topological polar surface area (TPSA) is 31.5 Å². The number of hydrogen-bond donors (Lipinski definition) is 1. The fourth-order valence-corrected chi connectivity index (χ4v) is 3.24. The summed E-state index contributed by atoms with van der Waals surface area (Å²) in [5.74, 6) is -0.431. The maximum atomic E-state index is 13.8. The molecule has 1 saturated heterocycles. The van der Waals surface area contributed by atoms with Crippen LogP contribution in [0.3, 0.4) is 0 Å². The number of benzene rings is 2. The lowest BCUT2D eigenvalue weighted by molar-refractivity contribution is -0.914. The summed E-state index contributed by atoms with van der Waals surface area (Å²) in [7, 11) is 0. The van der Waals surface area contributed by atoms with E-state index in [9.17, 15) is 9.65 Å². The molecular weight excluding hydrogens is 289 g/mol. The quantitative estimate of drug-likeness (QED) is 0.939. The second kappa shape index (κ2) is 6.80. The lowest BCUT2D eigenvalue weighted by Gasteiger charge is -2.34. The first-order valence-corrected chi connectivity index (χ1v) is 8.00. The molecule has 0 bridgehead atoms. The SMILES string of the molecule is Cc1cccc(C[NH+]2CCN(c3cccc(F)c3C#N)CC2)c1. The Hall–Kier alpha value is -2.38. The molecule has 4 heteroatoms. The number of nitrogens with zero attached hydrogens (tertiary/aromatic N) is 2. The molecule has 0 amide bonds. The minimum absolute atomic E-state index is 0.162. The summed E-state index contributed by atoms with van der Waals surface area (Å²) in [6.07, 6.45) is 0. The van der Waals surface area contributed by atoms with Gasteiger partial charge in [-0.25, -0.2) is 4.39 Å². The van der Waals surface area contributed by atoms with E-state index in [0.717, 1.165) is 38.4 Å². The molecule has 3 rings (SSSR count). The zero-order valence-electron chi connectivity index (χ0n) is 13.3. The van der Waals surface area contributed by atoms with Crippen molar-refractivity contribution in [1.29, 1.82) is 5.26 Å². The second-order valence-corrected chi connectivity index (χ2v) is 6.15. The molecule has 0 saturated carbocycles. The van der Waals surface area contributed by atoms with Crippen LogP contribution in [-0.2, 0) is 6.54 Å². The number of piperazine rings is 1. The number of halogens is 1. The van der Waals surface area contributed by atoms with Gasteiger partial charge in [-0.1, -0.05) is 35.9 Å². The van der Waals surface area contributed by atoms with E-state index in [1.54, 1.807) is 6.07 Å². The van der Waals surface area contributed by atoms with Gasteiger partial charge in [0.15, 0.2) is 0 Å². The molecule has 3 nitrogen and oxygen atoms in total. The van der Waals surface area contributed by atoms with Gasteiger partial charge in [-0.3, -0.25) is 0 Å². The van der Waals surface area contributed by atoms with Gasteiger partial charge in [0.1, 0.15) is 24.0 Å². The van der Waals surface area contributed by atoms with Gasteiger partial charge in [0.05, 0.1) is 31.9 Å². The van der Waals surface area contributed by atoms with Crippen LogP contribution in [0.5, 0.6) is 0 Å². The summed E-state index contributed by atoms with van der Waals surface area (Å²) in [6.45, 7) is 6.82. The molecule has 0 aromatic heterocycles. The predicted molar refractivity (Wildman–Crippen MR) is 88.9 cm³/mol. The molecular formula is C19H21FN3+. The molecule has 23 heavy (non-hydrogen) atoms. The van der Waals surface area contributed by atoms with Crippen molar-refractivity contribution < 1.29 is 9.29 Å². The summed E-state index contributed by atoms with van der Waals surface area (Å²) in [6, 6.07) is 15.5. The van der Waals surface area contributed by atoms with Crippen LogP contribution in [0.25, 0.3) is 0 Å². The Morgan fingerprint density at radius 3 is 2.61 bits per heavy atom. The highest BCUT2D eigenvalue weighted by molar-refractivity contribution is 5.60. The number of quaternary nitrogens is 1. The molecule has 118 valence electrons. The maximum absolute atomic E-state index is 13.8. The first kappa shape index (κ1) is 15.5. The molecule has 0 atom stereocenters. The number of nitrogens with one attached hydrogen (secondary N) is 1. The van der Waals surface area contributed by atoms with Crippen molar-refractivity contribution in [2.24, 2.45) is 0 Å². The van der Waals surface area contributed by atoms with Crippen molar-refractivity contribution in [2.75, 3.05) is 31.1 Å². The number of nitriles is 1. The van der Waals surface area contributed by atoms with Crippen LogP contribution in [0, 0.1) is 24.1 Å². The smallest absolute Gasteiger partial charge is 0.143 e. The first-order chi connectivity index (χ1) is 11.2. The normalized spacial score (nSPS) is 15.4. The lowest BCUT2D eigenvalue weighted by Crippen LogP contribution is -3.13. The van der Waals surface area contributed by atoms with Crippen LogP contribution in [0.15, 0.2) is 42.5 Å². The molecule has 0 spiro atoms. The fraction of sp³-hybridized carbons (Fsp3) is 0.316. The molecule has 0 unspecified atom stereocenters. The van der Waals surface area contributed by atoms with Gasteiger partial charge in [0.25, 0.3) is 0 Å². The first-order valence-electron chi connectivity index (χ1n) is 8.00. The van der Waals surface area contributed by atoms with Gasteiger partial charge in [0, 0.05) is 5.56 Å². The molecule has 2 aromatic carbocycles. The van der Waals surface area contributed by atoms with E-state index >= 15 is 0 Å². The molecule has 1 heterocycles. The van der Waals surface area contributed by atoms with Crippen LogP contribution in [-0.4, -0.2) is 26.2 Å². The van der Waals surface area contributed by atoms with Crippen molar-refractivity contribution in [3.63, 3.8) is 0 Å². The zero-order chi connectivity index (χ0) is 16.2. The van der Waals surface area contributed by atoms with E-state index in [0.29, 0.717) is 0 Å². The van der Waals surface area contributed by atoms with Crippen LogP contribution in [0.1, 0.15) is 16.7 Å². The summed E-state index contributed by atoms with van der Waals surface area (Å²) < 4.78 is 13.8. The third kappa shape index (κ3) is 3.52. The van der Waals surface area contributed by atoms with Crippen LogP contribution < -0.4 is 9.80 Å². The second-order valence-electron chi connectivity index (χ2n) is 6.15. The van der Waals surface area contributed by atoms with E-state index in [2.05, 4.69) is 36.1 Å². The van der Waals surface area contributed by atoms with Crippen molar-refractivity contribution in [1.82, 2.24) is 0 Å². The highest BCUT2D eigenvalue weighted by atomic mass is 19.1. The molecule has 1 aliphatic rings.